The normalized spacial score (nSPS) is 13.9. The van der Waals surface area contributed by atoms with Crippen LogP contribution in [0, 0.1) is 0 Å². The Hall–Kier alpha value is -1.55. The van der Waals surface area contributed by atoms with E-state index in [2.05, 4.69) is 38.2 Å². The Kier molecular flexibility index (Phi) is 42.4. The first kappa shape index (κ1) is 56.5. The number of carbonyl (C=O) groups excluding carboxylic acids is 2. The number of esters is 2. The van der Waals surface area contributed by atoms with Crippen molar-refractivity contribution >= 4 is 19.8 Å². The lowest BCUT2D eigenvalue weighted by molar-refractivity contribution is -0.153. The molecule has 0 heterocycles. The molecule has 3 unspecified atom stereocenters. The molecule has 3 N–H and O–H groups in total. The fourth-order valence-electron chi connectivity index (χ4n) is 6.73. The largest absolute Gasteiger partial charge is 0.472 e. The summed E-state index contributed by atoms with van der Waals surface area (Å²) in [7, 11) is -4.64. The minimum Gasteiger partial charge on any atom is -0.457 e. The molecule has 58 heavy (non-hydrogen) atoms. The molecule has 0 bridgehead atoms. The van der Waals surface area contributed by atoms with E-state index in [1.807, 2.05) is 0 Å². The summed E-state index contributed by atoms with van der Waals surface area (Å²) in [4.78, 5) is 34.6. The highest BCUT2D eigenvalue weighted by Crippen LogP contribution is 2.43. The van der Waals surface area contributed by atoms with Crippen LogP contribution in [0.3, 0.4) is 0 Å². The Labute approximate surface area is 355 Å². The summed E-state index contributed by atoms with van der Waals surface area (Å²) < 4.78 is 32.6. The van der Waals surface area contributed by atoms with Crippen LogP contribution in [-0.4, -0.2) is 65.7 Å². The number of aliphatic hydroxyl groups is 2. The zero-order chi connectivity index (χ0) is 42.6. The van der Waals surface area contributed by atoms with Crippen molar-refractivity contribution in [3.8, 4) is 0 Å². The van der Waals surface area contributed by atoms with Gasteiger partial charge in [0, 0.05) is 12.8 Å². The third kappa shape index (κ3) is 41.2. The molecule has 3 atom stereocenters. The smallest absolute Gasteiger partial charge is 0.457 e. The van der Waals surface area contributed by atoms with Crippen LogP contribution < -0.4 is 0 Å². The van der Waals surface area contributed by atoms with E-state index in [0.717, 1.165) is 57.8 Å². The Morgan fingerprint density at radius 1 is 0.466 bits per heavy atom. The number of unbranched alkanes of at least 4 members (excludes halogenated alkanes) is 27. The van der Waals surface area contributed by atoms with Gasteiger partial charge in [0.15, 0.2) is 0 Å². The van der Waals surface area contributed by atoms with Crippen molar-refractivity contribution in [3.05, 3.63) is 24.3 Å². The summed E-state index contributed by atoms with van der Waals surface area (Å²) in [5.41, 5.74) is 0. The molecule has 0 aliphatic carbocycles. The van der Waals surface area contributed by atoms with Crippen LogP contribution in [-0.2, 0) is 32.7 Å². The van der Waals surface area contributed by atoms with Gasteiger partial charge >= 0.3 is 19.8 Å². The van der Waals surface area contributed by atoms with Crippen molar-refractivity contribution < 1.29 is 47.8 Å². The molecule has 0 saturated heterocycles. The summed E-state index contributed by atoms with van der Waals surface area (Å²) in [6.07, 6.45) is 44.3. The fraction of sp³-hybridized carbons (Fsp3) is 0.872. The van der Waals surface area contributed by atoms with Gasteiger partial charge in [-0.25, -0.2) is 4.57 Å². The molecule has 0 amide bonds. The van der Waals surface area contributed by atoms with Gasteiger partial charge in [0.1, 0.15) is 12.2 Å². The molecule has 10 nitrogen and oxygen atoms in total. The van der Waals surface area contributed by atoms with Gasteiger partial charge in [0.2, 0.25) is 0 Å². The molecule has 0 aliphatic heterocycles. The van der Waals surface area contributed by atoms with Crippen LogP contribution in [0.25, 0.3) is 0 Å². The predicted molar refractivity (Wildman–Crippen MR) is 238 cm³/mol. The Morgan fingerprint density at radius 2 is 0.759 bits per heavy atom. The summed E-state index contributed by atoms with van der Waals surface area (Å²) in [5, 5.41) is 19.2. The minimum atomic E-state index is -4.64. The van der Waals surface area contributed by atoms with Crippen LogP contribution >= 0.6 is 7.82 Å². The van der Waals surface area contributed by atoms with Crippen molar-refractivity contribution in [2.45, 2.75) is 238 Å². The van der Waals surface area contributed by atoms with Crippen LogP contribution in [0.5, 0.6) is 0 Å². The first-order chi connectivity index (χ1) is 28.3. The van der Waals surface area contributed by atoms with E-state index < -0.39 is 58.4 Å². The van der Waals surface area contributed by atoms with Crippen LogP contribution in [0.1, 0.15) is 226 Å². The highest BCUT2D eigenvalue weighted by atomic mass is 31.2. The maximum atomic E-state index is 12.4. The number of allylic oxidation sites excluding steroid dienone is 4. The highest BCUT2D eigenvalue weighted by molar-refractivity contribution is 7.47. The molecule has 342 valence electrons. The van der Waals surface area contributed by atoms with E-state index in [1.165, 1.54) is 128 Å². The number of ether oxygens (including phenoxy) is 2. The second-order valence-corrected chi connectivity index (χ2v) is 17.6. The summed E-state index contributed by atoms with van der Waals surface area (Å²) >= 11 is 0. The van der Waals surface area contributed by atoms with E-state index >= 15 is 0 Å². The molecule has 11 heteroatoms. The topological polar surface area (TPSA) is 149 Å². The van der Waals surface area contributed by atoms with Crippen molar-refractivity contribution in [2.75, 3.05) is 26.4 Å². The first-order valence-electron chi connectivity index (χ1n) is 23.8. The van der Waals surface area contributed by atoms with Gasteiger partial charge in [-0.15, -0.1) is 0 Å². The molecule has 0 fully saturated rings. The quantitative estimate of drug-likeness (QED) is 0.0234. The third-order valence-corrected chi connectivity index (χ3v) is 11.4. The zero-order valence-electron chi connectivity index (χ0n) is 37.3. The average molecular weight is 845 g/mol. The second-order valence-electron chi connectivity index (χ2n) is 16.1. The average Bonchev–Trinajstić information content (AvgIpc) is 3.21. The molecule has 0 aliphatic rings. The summed E-state index contributed by atoms with van der Waals surface area (Å²) in [6, 6.07) is 0. The summed E-state index contributed by atoms with van der Waals surface area (Å²) in [5.74, 6) is -1.02. The summed E-state index contributed by atoms with van der Waals surface area (Å²) in [6.45, 7) is 2.21. The SMILES string of the molecule is CCCCCC/C=C\C/C=C\CCCCCCCC(=O)OC(CO)COP(=O)(O)OCC(CO)OC(=O)CCCCCCCCCCCCCCCCCCCCC. The lowest BCUT2D eigenvalue weighted by Crippen LogP contribution is -2.28. The lowest BCUT2D eigenvalue weighted by atomic mass is 10.0. The number of phosphoric acid groups is 1. The van der Waals surface area contributed by atoms with Crippen molar-refractivity contribution in [1.29, 1.82) is 0 Å². The molecule has 0 aromatic carbocycles. The van der Waals surface area contributed by atoms with E-state index in [9.17, 15) is 29.3 Å². The van der Waals surface area contributed by atoms with Gasteiger partial charge in [0.05, 0.1) is 26.4 Å². The fourth-order valence-corrected chi connectivity index (χ4v) is 7.52. The van der Waals surface area contributed by atoms with Gasteiger partial charge in [-0.3, -0.25) is 18.6 Å². The third-order valence-electron chi connectivity index (χ3n) is 10.4. The molecule has 0 rings (SSSR count). The molecule has 0 radical (unpaired) electrons. The standard InChI is InChI=1S/C47H89O10P/c1-3-5-7-9-11-13-15-17-19-21-22-23-25-27-29-31-33-35-37-39-47(51)57-45(41-49)43-55-58(52,53)54-42-44(40-48)56-46(50)38-36-34-32-30-28-26-24-20-18-16-14-12-10-8-6-4-2/h14,16,20,24,44-45,48-49H,3-13,15,17-19,21-23,25-43H2,1-2H3,(H,52,53)/b16-14-,24-20-. The van der Waals surface area contributed by atoms with E-state index in [4.69, 9.17) is 18.5 Å². The maximum absolute atomic E-state index is 12.4. The van der Waals surface area contributed by atoms with Gasteiger partial charge in [0.25, 0.3) is 0 Å². The molecule has 0 saturated carbocycles. The van der Waals surface area contributed by atoms with Crippen molar-refractivity contribution in [3.63, 3.8) is 0 Å². The number of aliphatic hydroxyl groups excluding tert-OH is 2. The molecule has 0 aromatic rings. The Morgan fingerprint density at radius 3 is 1.09 bits per heavy atom. The lowest BCUT2D eigenvalue weighted by Gasteiger charge is -2.20. The number of phosphoric ester groups is 1. The number of hydrogen-bond donors (Lipinski definition) is 3. The number of rotatable bonds is 45. The van der Waals surface area contributed by atoms with Crippen molar-refractivity contribution in [1.82, 2.24) is 0 Å². The van der Waals surface area contributed by atoms with Gasteiger partial charge in [-0.1, -0.05) is 192 Å². The monoisotopic (exact) mass is 845 g/mol. The van der Waals surface area contributed by atoms with Crippen LogP contribution in [0.15, 0.2) is 24.3 Å². The van der Waals surface area contributed by atoms with E-state index in [0.29, 0.717) is 12.8 Å². The first-order valence-corrected chi connectivity index (χ1v) is 25.3. The van der Waals surface area contributed by atoms with Crippen LogP contribution in [0.2, 0.25) is 0 Å². The van der Waals surface area contributed by atoms with Crippen molar-refractivity contribution in [2.24, 2.45) is 0 Å². The molecule has 0 aromatic heterocycles. The molecular weight excluding hydrogens is 755 g/mol. The number of carbonyl (C=O) groups is 2. The van der Waals surface area contributed by atoms with Crippen LogP contribution in [0.4, 0.5) is 0 Å². The highest BCUT2D eigenvalue weighted by Gasteiger charge is 2.27. The predicted octanol–water partition coefficient (Wildman–Crippen LogP) is 13.0. The van der Waals surface area contributed by atoms with E-state index in [-0.39, 0.29) is 12.8 Å². The maximum Gasteiger partial charge on any atom is 0.472 e. The minimum absolute atomic E-state index is 0.178. The van der Waals surface area contributed by atoms with Gasteiger partial charge < -0.3 is 24.6 Å². The molecular formula is C47H89O10P. The second kappa shape index (κ2) is 43.5. The number of hydrogen-bond acceptors (Lipinski definition) is 9. The van der Waals surface area contributed by atoms with Gasteiger partial charge in [-0.05, 0) is 44.9 Å². The van der Waals surface area contributed by atoms with E-state index in [1.54, 1.807) is 0 Å². The Bertz CT molecular complexity index is 1020. The van der Waals surface area contributed by atoms with Gasteiger partial charge in [-0.2, -0.15) is 0 Å². The zero-order valence-corrected chi connectivity index (χ0v) is 38.2. The Balaban J connectivity index is 3.87. The molecule has 0 spiro atoms.